The van der Waals surface area contributed by atoms with Gasteiger partial charge in [0, 0.05) is 31.6 Å². The van der Waals surface area contributed by atoms with Crippen molar-refractivity contribution in [3.63, 3.8) is 0 Å². The number of ether oxygens (including phenoxy) is 1. The second-order valence-electron chi connectivity index (χ2n) is 4.43. The molecular formula is C11H21ClN2O. The van der Waals surface area contributed by atoms with E-state index in [1.165, 1.54) is 26.1 Å². The van der Waals surface area contributed by atoms with Gasteiger partial charge in [-0.3, -0.25) is 4.90 Å². The van der Waals surface area contributed by atoms with Crippen LogP contribution >= 0.6 is 11.6 Å². The van der Waals surface area contributed by atoms with Crippen molar-refractivity contribution in [2.45, 2.75) is 18.9 Å². The van der Waals surface area contributed by atoms with Crippen molar-refractivity contribution in [1.29, 1.82) is 0 Å². The van der Waals surface area contributed by atoms with E-state index in [0.717, 1.165) is 44.6 Å². The van der Waals surface area contributed by atoms with Crippen LogP contribution in [-0.4, -0.2) is 67.7 Å². The van der Waals surface area contributed by atoms with Gasteiger partial charge >= 0.3 is 0 Å². The second kappa shape index (κ2) is 6.04. The van der Waals surface area contributed by atoms with Crippen molar-refractivity contribution in [1.82, 2.24) is 9.80 Å². The molecule has 1 atom stereocenters. The largest absolute Gasteiger partial charge is 0.379 e. The molecule has 0 spiro atoms. The van der Waals surface area contributed by atoms with Crippen LogP contribution in [0.25, 0.3) is 0 Å². The van der Waals surface area contributed by atoms with E-state index in [-0.39, 0.29) is 0 Å². The Hall–Kier alpha value is 0.170. The van der Waals surface area contributed by atoms with Crippen LogP contribution in [0.2, 0.25) is 0 Å². The van der Waals surface area contributed by atoms with Gasteiger partial charge in [0.05, 0.1) is 13.2 Å². The van der Waals surface area contributed by atoms with Gasteiger partial charge in [-0.15, -0.1) is 11.6 Å². The molecule has 0 bridgehead atoms. The van der Waals surface area contributed by atoms with Crippen molar-refractivity contribution in [2.24, 2.45) is 0 Å². The normalized spacial score (nSPS) is 29.8. The molecule has 0 N–H and O–H groups in total. The van der Waals surface area contributed by atoms with Crippen molar-refractivity contribution in [2.75, 3.05) is 51.8 Å². The van der Waals surface area contributed by atoms with Gasteiger partial charge in [0.1, 0.15) is 0 Å². The summed E-state index contributed by atoms with van der Waals surface area (Å²) in [6.45, 7) is 7.72. The van der Waals surface area contributed by atoms with Gasteiger partial charge in [0.2, 0.25) is 0 Å². The van der Waals surface area contributed by atoms with E-state index < -0.39 is 0 Å². The lowest BCUT2D eigenvalue weighted by molar-refractivity contribution is 0.0185. The van der Waals surface area contributed by atoms with Crippen molar-refractivity contribution in [3.05, 3.63) is 0 Å². The maximum atomic E-state index is 5.71. The highest BCUT2D eigenvalue weighted by molar-refractivity contribution is 6.17. The van der Waals surface area contributed by atoms with Gasteiger partial charge in [0.25, 0.3) is 0 Å². The summed E-state index contributed by atoms with van der Waals surface area (Å²) in [7, 11) is 0. The van der Waals surface area contributed by atoms with Crippen LogP contribution in [-0.2, 0) is 4.74 Å². The van der Waals surface area contributed by atoms with E-state index in [2.05, 4.69) is 9.80 Å². The van der Waals surface area contributed by atoms with Crippen LogP contribution in [0.3, 0.4) is 0 Å². The quantitative estimate of drug-likeness (QED) is 0.674. The summed E-state index contributed by atoms with van der Waals surface area (Å²) in [5, 5.41) is 0. The lowest BCUT2D eigenvalue weighted by Crippen LogP contribution is -2.44. The minimum absolute atomic E-state index is 0.768. The zero-order valence-electron chi connectivity index (χ0n) is 9.33. The van der Waals surface area contributed by atoms with E-state index in [4.69, 9.17) is 16.3 Å². The molecule has 1 unspecified atom stereocenters. The number of nitrogens with zero attached hydrogens (tertiary/aromatic N) is 2. The van der Waals surface area contributed by atoms with Crippen LogP contribution in [0.15, 0.2) is 0 Å². The highest BCUT2D eigenvalue weighted by Crippen LogP contribution is 2.16. The molecule has 0 aromatic rings. The summed E-state index contributed by atoms with van der Waals surface area (Å²) in [6, 6.07) is 0.768. The maximum Gasteiger partial charge on any atom is 0.0594 e. The highest BCUT2D eigenvalue weighted by Gasteiger charge is 2.27. The summed E-state index contributed by atoms with van der Waals surface area (Å²) in [5.74, 6) is 0.790. The van der Waals surface area contributed by atoms with Crippen LogP contribution in [0.5, 0.6) is 0 Å². The van der Waals surface area contributed by atoms with Gasteiger partial charge in [-0.05, 0) is 25.9 Å². The van der Waals surface area contributed by atoms with Gasteiger partial charge in [-0.25, -0.2) is 0 Å². The molecule has 2 heterocycles. The average molecular weight is 233 g/mol. The number of likely N-dealkylation sites (tertiary alicyclic amines) is 1. The average Bonchev–Trinajstić information content (AvgIpc) is 2.76. The molecule has 2 fully saturated rings. The molecule has 4 heteroatoms. The van der Waals surface area contributed by atoms with Gasteiger partial charge in [-0.2, -0.15) is 0 Å². The summed E-state index contributed by atoms with van der Waals surface area (Å²) in [4.78, 5) is 5.13. The summed E-state index contributed by atoms with van der Waals surface area (Å²) in [6.07, 6.45) is 2.44. The van der Waals surface area contributed by atoms with Crippen LogP contribution in [0.4, 0.5) is 0 Å². The van der Waals surface area contributed by atoms with Crippen LogP contribution in [0.1, 0.15) is 12.8 Å². The number of alkyl halides is 1. The molecule has 2 saturated heterocycles. The number of hydrogen-bond acceptors (Lipinski definition) is 3. The fraction of sp³-hybridized carbons (Fsp3) is 1.00. The van der Waals surface area contributed by atoms with E-state index >= 15 is 0 Å². The second-order valence-corrected chi connectivity index (χ2v) is 4.81. The molecule has 0 aliphatic carbocycles. The Morgan fingerprint density at radius 3 is 2.73 bits per heavy atom. The monoisotopic (exact) mass is 232 g/mol. The highest BCUT2D eigenvalue weighted by atomic mass is 35.5. The first-order valence-corrected chi connectivity index (χ1v) is 6.53. The van der Waals surface area contributed by atoms with E-state index in [1.54, 1.807) is 0 Å². The predicted octanol–water partition coefficient (Wildman–Crippen LogP) is 1.02. The number of halogens is 1. The Kier molecular flexibility index (Phi) is 4.69. The first-order valence-electron chi connectivity index (χ1n) is 6.00. The van der Waals surface area contributed by atoms with Gasteiger partial charge in [0.15, 0.2) is 0 Å². The molecule has 3 nitrogen and oxygen atoms in total. The lowest BCUT2D eigenvalue weighted by atomic mass is 10.2. The Morgan fingerprint density at radius 2 is 2.00 bits per heavy atom. The standard InChI is InChI=1S/C11H21ClN2O/c12-3-1-4-13-5-2-11(10-13)14-6-8-15-9-7-14/h11H,1-10H2. The molecule has 2 aliphatic rings. The predicted molar refractivity (Wildman–Crippen MR) is 62.6 cm³/mol. The van der Waals surface area contributed by atoms with Crippen molar-refractivity contribution in [3.8, 4) is 0 Å². The zero-order chi connectivity index (χ0) is 10.5. The molecule has 0 saturated carbocycles. The Balaban J connectivity index is 1.71. The van der Waals surface area contributed by atoms with E-state index in [1.807, 2.05) is 0 Å². The zero-order valence-corrected chi connectivity index (χ0v) is 10.1. The Bertz CT molecular complexity index is 185. The van der Waals surface area contributed by atoms with E-state index in [0.29, 0.717) is 0 Å². The smallest absolute Gasteiger partial charge is 0.0594 e. The van der Waals surface area contributed by atoms with Crippen LogP contribution in [0, 0.1) is 0 Å². The fourth-order valence-corrected chi connectivity index (χ4v) is 2.66. The number of morpholine rings is 1. The molecule has 88 valence electrons. The lowest BCUT2D eigenvalue weighted by Gasteiger charge is -2.32. The minimum Gasteiger partial charge on any atom is -0.379 e. The molecular weight excluding hydrogens is 212 g/mol. The summed E-state index contributed by atoms with van der Waals surface area (Å²) in [5.41, 5.74) is 0. The molecule has 2 aliphatic heterocycles. The molecule has 0 amide bonds. The van der Waals surface area contributed by atoms with Gasteiger partial charge in [-0.1, -0.05) is 0 Å². The topological polar surface area (TPSA) is 15.7 Å². The summed E-state index contributed by atoms with van der Waals surface area (Å²) < 4.78 is 5.38. The number of hydrogen-bond donors (Lipinski definition) is 0. The SMILES string of the molecule is ClCCCN1CCC(N2CCOCC2)C1. The van der Waals surface area contributed by atoms with Crippen LogP contribution < -0.4 is 0 Å². The number of rotatable bonds is 4. The molecule has 0 aromatic heterocycles. The van der Waals surface area contributed by atoms with E-state index in [9.17, 15) is 0 Å². The first kappa shape index (κ1) is 11.6. The third-order valence-electron chi connectivity index (χ3n) is 3.42. The molecule has 0 radical (unpaired) electrons. The third-order valence-corrected chi connectivity index (χ3v) is 3.68. The third kappa shape index (κ3) is 3.31. The first-order chi connectivity index (χ1) is 7.40. The fourth-order valence-electron chi connectivity index (χ4n) is 2.54. The minimum atomic E-state index is 0.768. The Labute approximate surface area is 97.3 Å². The Morgan fingerprint density at radius 1 is 1.20 bits per heavy atom. The van der Waals surface area contributed by atoms with Crippen molar-refractivity contribution < 1.29 is 4.74 Å². The maximum absolute atomic E-state index is 5.71. The molecule has 2 rings (SSSR count). The summed E-state index contributed by atoms with van der Waals surface area (Å²) >= 11 is 5.71. The van der Waals surface area contributed by atoms with Gasteiger partial charge < -0.3 is 9.64 Å². The molecule has 0 aromatic carbocycles. The molecule has 15 heavy (non-hydrogen) atoms. The van der Waals surface area contributed by atoms with Crippen molar-refractivity contribution >= 4 is 11.6 Å².